The van der Waals surface area contributed by atoms with Gasteiger partial charge in [0.1, 0.15) is 5.82 Å². The second-order valence-corrected chi connectivity index (χ2v) is 7.09. The Balaban J connectivity index is 2.18. The molecule has 1 aromatic heterocycles. The number of nitrogens with zero attached hydrogens (tertiary/aromatic N) is 2. The van der Waals surface area contributed by atoms with Gasteiger partial charge in [-0.05, 0) is 12.0 Å². The number of sulfone groups is 1. The molecule has 0 amide bonds. The first-order valence-electron chi connectivity index (χ1n) is 6.81. The summed E-state index contributed by atoms with van der Waals surface area (Å²) in [5, 5.41) is 10.5. The Labute approximate surface area is 124 Å². The van der Waals surface area contributed by atoms with E-state index in [0.29, 0.717) is 11.6 Å². The van der Waals surface area contributed by atoms with E-state index in [1.807, 2.05) is 30.3 Å². The molecule has 0 radical (unpaired) electrons. The van der Waals surface area contributed by atoms with Crippen LogP contribution in [-0.2, 0) is 9.84 Å². The molecule has 1 aromatic carbocycles. The van der Waals surface area contributed by atoms with Gasteiger partial charge in [-0.25, -0.2) is 13.1 Å². The number of hydrogen-bond donors (Lipinski definition) is 2. The second-order valence-electron chi connectivity index (χ2n) is 5.14. The Morgan fingerprint density at radius 3 is 2.67 bits per heavy atom. The summed E-state index contributed by atoms with van der Waals surface area (Å²) in [5.41, 5.74) is 1.13. The third-order valence-electron chi connectivity index (χ3n) is 3.66. The van der Waals surface area contributed by atoms with Gasteiger partial charge in [-0.15, -0.1) is 0 Å². The van der Waals surface area contributed by atoms with Crippen LogP contribution < -0.4 is 10.6 Å². The Hall–Kier alpha value is -2.02. The van der Waals surface area contributed by atoms with Gasteiger partial charge >= 0.3 is 0 Å². The van der Waals surface area contributed by atoms with Gasteiger partial charge in [0.25, 0.3) is 0 Å². The van der Waals surface area contributed by atoms with Gasteiger partial charge in [0.15, 0.2) is 20.6 Å². The first kappa shape index (κ1) is 13.9. The van der Waals surface area contributed by atoms with Crippen molar-refractivity contribution in [1.29, 1.82) is 0 Å². The summed E-state index contributed by atoms with van der Waals surface area (Å²) in [7, 11) is -1.68. The smallest absolute Gasteiger partial charge is 0.182 e. The summed E-state index contributed by atoms with van der Waals surface area (Å²) >= 11 is 0. The predicted molar refractivity (Wildman–Crippen MR) is 82.6 cm³/mol. The van der Waals surface area contributed by atoms with Crippen molar-refractivity contribution in [1.82, 2.24) is 9.78 Å². The van der Waals surface area contributed by atoms with Gasteiger partial charge in [-0.1, -0.05) is 30.3 Å². The fourth-order valence-corrected chi connectivity index (χ4v) is 3.76. The van der Waals surface area contributed by atoms with E-state index in [1.54, 1.807) is 11.7 Å². The lowest BCUT2D eigenvalue weighted by atomic mass is 10.0. The number of fused-ring (bicyclic) bond motifs is 1. The largest absolute Gasteiger partial charge is 0.371 e. The monoisotopic (exact) mass is 306 g/mol. The maximum Gasteiger partial charge on any atom is 0.182 e. The minimum Gasteiger partial charge on any atom is -0.371 e. The van der Waals surface area contributed by atoms with Crippen LogP contribution in [0, 0.1) is 0 Å². The van der Waals surface area contributed by atoms with E-state index in [-0.39, 0.29) is 10.9 Å². The predicted octanol–water partition coefficient (Wildman–Crippen LogP) is 1.73. The Morgan fingerprint density at radius 1 is 1.33 bits per heavy atom. The molecule has 0 saturated carbocycles. The average molecular weight is 306 g/mol. The highest BCUT2D eigenvalue weighted by molar-refractivity contribution is 7.91. The summed E-state index contributed by atoms with van der Waals surface area (Å²) in [6, 6.07) is 10.1. The maximum absolute atomic E-state index is 12.1. The molecule has 0 fully saturated rings. The van der Waals surface area contributed by atoms with Gasteiger partial charge in [-0.2, -0.15) is 5.10 Å². The average Bonchev–Trinajstić information content (AvgIpc) is 2.86. The van der Waals surface area contributed by atoms with Gasteiger partial charge < -0.3 is 10.6 Å². The van der Waals surface area contributed by atoms with Crippen LogP contribution in [0.3, 0.4) is 0 Å². The van der Waals surface area contributed by atoms with E-state index in [4.69, 9.17) is 0 Å². The molecule has 0 bridgehead atoms. The van der Waals surface area contributed by atoms with E-state index in [1.165, 1.54) is 6.26 Å². The van der Waals surface area contributed by atoms with Crippen molar-refractivity contribution in [2.75, 3.05) is 30.5 Å². The van der Waals surface area contributed by atoms with Crippen LogP contribution in [0.2, 0.25) is 0 Å². The number of hydrogen-bond acceptors (Lipinski definition) is 5. The molecule has 2 heterocycles. The molecular weight excluding hydrogens is 288 g/mol. The first-order chi connectivity index (χ1) is 10.0. The third kappa shape index (κ3) is 2.37. The molecule has 1 unspecified atom stereocenters. The second kappa shape index (κ2) is 5.07. The molecule has 0 saturated heterocycles. The number of aromatic nitrogens is 2. The topological polar surface area (TPSA) is 76.0 Å². The molecule has 21 heavy (non-hydrogen) atoms. The Morgan fingerprint density at radius 2 is 2.05 bits per heavy atom. The summed E-state index contributed by atoms with van der Waals surface area (Å²) in [6.07, 6.45) is 2.07. The van der Waals surface area contributed by atoms with E-state index < -0.39 is 9.84 Å². The van der Waals surface area contributed by atoms with E-state index in [9.17, 15) is 8.42 Å². The van der Waals surface area contributed by atoms with E-state index >= 15 is 0 Å². The minimum atomic E-state index is -3.36. The standard InChI is InChI=1S/C14H18N4O2S/c1-15-13-12(21(2,19)20)14-16-9-8-11(18(14)17-13)10-6-4-3-5-7-10/h3-7,11,16H,8-9H2,1-2H3,(H,15,17). The third-order valence-corrected chi connectivity index (χ3v) is 4.79. The van der Waals surface area contributed by atoms with E-state index in [2.05, 4.69) is 15.7 Å². The van der Waals surface area contributed by atoms with Crippen LogP contribution in [0.4, 0.5) is 11.6 Å². The summed E-state index contributed by atoms with van der Waals surface area (Å²) in [5.74, 6) is 0.963. The molecule has 1 aliphatic rings. The fourth-order valence-electron chi connectivity index (χ4n) is 2.75. The highest BCUT2D eigenvalue weighted by atomic mass is 32.2. The van der Waals surface area contributed by atoms with Gasteiger partial charge in [-0.3, -0.25) is 0 Å². The highest BCUT2D eigenvalue weighted by Gasteiger charge is 2.31. The van der Waals surface area contributed by atoms with Gasteiger partial charge in [0.05, 0.1) is 6.04 Å². The van der Waals surface area contributed by atoms with Crippen LogP contribution in [-0.4, -0.2) is 38.0 Å². The van der Waals surface area contributed by atoms with Crippen molar-refractivity contribution in [3.8, 4) is 0 Å². The molecule has 2 N–H and O–H groups in total. The number of anilines is 2. The van der Waals surface area contributed by atoms with Crippen LogP contribution >= 0.6 is 0 Å². The van der Waals surface area contributed by atoms with Crippen LogP contribution in [0.15, 0.2) is 35.2 Å². The molecule has 2 aromatic rings. The number of nitrogens with one attached hydrogen (secondary N) is 2. The van der Waals surface area contributed by atoms with E-state index in [0.717, 1.165) is 18.5 Å². The molecule has 3 rings (SSSR count). The van der Waals surface area contributed by atoms with Gasteiger partial charge in [0.2, 0.25) is 0 Å². The zero-order valence-corrected chi connectivity index (χ0v) is 12.8. The van der Waals surface area contributed by atoms with Crippen molar-refractivity contribution in [3.63, 3.8) is 0 Å². The summed E-state index contributed by atoms with van der Waals surface area (Å²) in [4.78, 5) is 0.241. The summed E-state index contributed by atoms with van der Waals surface area (Å²) < 4.78 is 25.9. The molecule has 1 atom stereocenters. The van der Waals surface area contributed by atoms with Crippen molar-refractivity contribution < 1.29 is 8.42 Å². The lowest BCUT2D eigenvalue weighted by Crippen LogP contribution is -2.25. The van der Waals surface area contributed by atoms with Crippen LogP contribution in [0.25, 0.3) is 0 Å². The molecule has 0 spiro atoms. The van der Waals surface area contributed by atoms with Crippen molar-refractivity contribution in [3.05, 3.63) is 35.9 Å². The van der Waals surface area contributed by atoms with Crippen LogP contribution in [0.1, 0.15) is 18.0 Å². The Kier molecular flexibility index (Phi) is 3.36. The van der Waals surface area contributed by atoms with Crippen molar-refractivity contribution >= 4 is 21.5 Å². The van der Waals surface area contributed by atoms with Gasteiger partial charge in [0, 0.05) is 19.8 Å². The highest BCUT2D eigenvalue weighted by Crippen LogP contribution is 2.37. The van der Waals surface area contributed by atoms with Crippen LogP contribution in [0.5, 0.6) is 0 Å². The number of benzene rings is 1. The molecule has 112 valence electrons. The zero-order chi connectivity index (χ0) is 15.0. The quantitative estimate of drug-likeness (QED) is 0.903. The molecule has 6 nitrogen and oxygen atoms in total. The molecule has 7 heteroatoms. The fraction of sp³-hybridized carbons (Fsp3) is 0.357. The first-order valence-corrected chi connectivity index (χ1v) is 8.70. The Bertz CT molecular complexity index is 753. The molecule has 1 aliphatic heterocycles. The van der Waals surface area contributed by atoms with Crippen molar-refractivity contribution in [2.45, 2.75) is 17.4 Å². The normalized spacial score (nSPS) is 17.9. The lowest BCUT2D eigenvalue weighted by Gasteiger charge is -2.26. The lowest BCUT2D eigenvalue weighted by molar-refractivity contribution is 0.481. The number of rotatable bonds is 3. The molecular formula is C14H18N4O2S. The zero-order valence-electron chi connectivity index (χ0n) is 12.0. The SMILES string of the molecule is CNc1nn2c(c1S(C)(=O)=O)NCCC2c1ccccc1. The van der Waals surface area contributed by atoms with Crippen molar-refractivity contribution in [2.24, 2.45) is 0 Å². The summed E-state index contributed by atoms with van der Waals surface area (Å²) in [6.45, 7) is 0.719. The minimum absolute atomic E-state index is 0.0463. The maximum atomic E-state index is 12.1. The molecule has 0 aliphatic carbocycles.